The van der Waals surface area contributed by atoms with E-state index in [1.807, 2.05) is 0 Å². The standard InChI is InChI=1S/C15H21N/c1-6-14(16)7-8-15-12(4)10(2)9-11(3)13(15)5/h9,14H,6,16H2,1-5H3. The highest BCUT2D eigenvalue weighted by Gasteiger charge is 2.05. The van der Waals surface area contributed by atoms with Gasteiger partial charge in [-0.2, -0.15) is 0 Å². The molecule has 0 aromatic heterocycles. The van der Waals surface area contributed by atoms with Crippen LogP contribution in [0.2, 0.25) is 0 Å². The molecule has 1 unspecified atom stereocenters. The lowest BCUT2D eigenvalue weighted by atomic mass is 9.94. The summed E-state index contributed by atoms with van der Waals surface area (Å²) in [6.45, 7) is 10.6. The number of benzene rings is 1. The van der Waals surface area contributed by atoms with Gasteiger partial charge in [-0.25, -0.2) is 0 Å². The van der Waals surface area contributed by atoms with Gasteiger partial charge in [0.1, 0.15) is 0 Å². The lowest BCUT2D eigenvalue weighted by molar-refractivity contribution is 0.806. The largest absolute Gasteiger partial charge is 0.318 e. The molecule has 2 N–H and O–H groups in total. The third kappa shape index (κ3) is 2.65. The van der Waals surface area contributed by atoms with Crippen molar-refractivity contribution in [3.8, 4) is 11.8 Å². The molecule has 0 fully saturated rings. The quantitative estimate of drug-likeness (QED) is 0.716. The lowest BCUT2D eigenvalue weighted by Gasteiger charge is -2.10. The Hall–Kier alpha value is -1.26. The van der Waals surface area contributed by atoms with Gasteiger partial charge in [0.25, 0.3) is 0 Å². The highest BCUT2D eigenvalue weighted by atomic mass is 14.6. The van der Waals surface area contributed by atoms with E-state index in [2.05, 4.69) is 52.5 Å². The Balaban J connectivity index is 3.26. The van der Waals surface area contributed by atoms with Crippen LogP contribution < -0.4 is 5.73 Å². The van der Waals surface area contributed by atoms with Crippen molar-refractivity contribution < 1.29 is 0 Å². The highest BCUT2D eigenvalue weighted by molar-refractivity contribution is 5.52. The average Bonchev–Trinajstić information content (AvgIpc) is 2.26. The van der Waals surface area contributed by atoms with Gasteiger partial charge in [0.05, 0.1) is 6.04 Å². The maximum atomic E-state index is 5.82. The van der Waals surface area contributed by atoms with Crippen LogP contribution >= 0.6 is 0 Å². The Morgan fingerprint density at radius 3 is 2.06 bits per heavy atom. The van der Waals surface area contributed by atoms with E-state index < -0.39 is 0 Å². The summed E-state index contributed by atoms with van der Waals surface area (Å²) in [5.74, 6) is 6.35. The molecule has 1 atom stereocenters. The van der Waals surface area contributed by atoms with Crippen molar-refractivity contribution in [2.75, 3.05) is 0 Å². The molecule has 0 bridgehead atoms. The fourth-order valence-corrected chi connectivity index (χ4v) is 1.67. The molecule has 0 amide bonds. The number of rotatable bonds is 1. The van der Waals surface area contributed by atoms with Gasteiger partial charge in [-0.1, -0.05) is 24.8 Å². The average molecular weight is 215 g/mol. The zero-order chi connectivity index (χ0) is 12.3. The van der Waals surface area contributed by atoms with E-state index in [1.165, 1.54) is 22.3 Å². The molecular formula is C15H21N. The summed E-state index contributed by atoms with van der Waals surface area (Å²) in [5.41, 5.74) is 12.1. The van der Waals surface area contributed by atoms with Gasteiger partial charge < -0.3 is 5.73 Å². The van der Waals surface area contributed by atoms with Gasteiger partial charge in [-0.15, -0.1) is 0 Å². The summed E-state index contributed by atoms with van der Waals surface area (Å²) in [7, 11) is 0. The van der Waals surface area contributed by atoms with Crippen molar-refractivity contribution in [3.63, 3.8) is 0 Å². The first-order valence-electron chi connectivity index (χ1n) is 5.81. The molecule has 1 nitrogen and oxygen atoms in total. The van der Waals surface area contributed by atoms with Crippen LogP contribution in [-0.4, -0.2) is 6.04 Å². The maximum absolute atomic E-state index is 5.82. The van der Waals surface area contributed by atoms with Crippen molar-refractivity contribution in [1.29, 1.82) is 0 Å². The second kappa shape index (κ2) is 5.18. The normalized spacial score (nSPS) is 11.9. The van der Waals surface area contributed by atoms with Crippen LogP contribution in [0.5, 0.6) is 0 Å². The van der Waals surface area contributed by atoms with Crippen LogP contribution in [0.4, 0.5) is 0 Å². The van der Waals surface area contributed by atoms with Gasteiger partial charge in [-0.3, -0.25) is 0 Å². The number of nitrogens with two attached hydrogens (primary N) is 1. The number of hydrogen-bond acceptors (Lipinski definition) is 1. The zero-order valence-electron chi connectivity index (χ0n) is 10.9. The highest BCUT2D eigenvalue weighted by Crippen LogP contribution is 2.20. The van der Waals surface area contributed by atoms with Crippen LogP contribution in [0.3, 0.4) is 0 Å². The molecule has 1 rings (SSSR count). The molecular weight excluding hydrogens is 194 g/mol. The zero-order valence-corrected chi connectivity index (χ0v) is 10.9. The predicted molar refractivity (Wildman–Crippen MR) is 70.5 cm³/mol. The first-order valence-corrected chi connectivity index (χ1v) is 5.81. The fraction of sp³-hybridized carbons (Fsp3) is 0.467. The molecule has 0 heterocycles. The summed E-state index contributed by atoms with van der Waals surface area (Å²) in [5, 5.41) is 0. The smallest absolute Gasteiger partial charge is 0.0665 e. The summed E-state index contributed by atoms with van der Waals surface area (Å²) in [4.78, 5) is 0. The van der Waals surface area contributed by atoms with Gasteiger partial charge in [0, 0.05) is 5.56 Å². The first-order chi connectivity index (χ1) is 7.47. The summed E-state index contributed by atoms with van der Waals surface area (Å²) < 4.78 is 0. The minimum atomic E-state index is -0.0142. The SMILES string of the molecule is CCC(N)C#Cc1c(C)c(C)cc(C)c1C. The second-order valence-electron chi connectivity index (χ2n) is 4.42. The molecule has 0 spiro atoms. The Morgan fingerprint density at radius 1 is 1.12 bits per heavy atom. The predicted octanol–water partition coefficient (Wildman–Crippen LogP) is 3.01. The molecule has 1 aromatic carbocycles. The van der Waals surface area contributed by atoms with Gasteiger partial charge in [0.2, 0.25) is 0 Å². The van der Waals surface area contributed by atoms with E-state index in [4.69, 9.17) is 5.73 Å². The molecule has 16 heavy (non-hydrogen) atoms. The third-order valence-corrected chi connectivity index (χ3v) is 3.19. The lowest BCUT2D eigenvalue weighted by Crippen LogP contribution is -2.15. The summed E-state index contributed by atoms with van der Waals surface area (Å²) >= 11 is 0. The van der Waals surface area contributed by atoms with E-state index in [-0.39, 0.29) is 6.04 Å². The molecule has 0 radical (unpaired) electrons. The third-order valence-electron chi connectivity index (χ3n) is 3.19. The van der Waals surface area contributed by atoms with E-state index in [0.717, 1.165) is 12.0 Å². The van der Waals surface area contributed by atoms with Crippen LogP contribution in [0.15, 0.2) is 6.07 Å². The van der Waals surface area contributed by atoms with E-state index >= 15 is 0 Å². The Kier molecular flexibility index (Phi) is 4.15. The van der Waals surface area contributed by atoms with Crippen LogP contribution in [0.25, 0.3) is 0 Å². The second-order valence-corrected chi connectivity index (χ2v) is 4.42. The number of aryl methyl sites for hydroxylation is 2. The Labute approximate surface area is 99.1 Å². The van der Waals surface area contributed by atoms with Crippen LogP contribution in [0.1, 0.15) is 41.2 Å². The number of hydrogen-bond donors (Lipinski definition) is 1. The monoisotopic (exact) mass is 215 g/mol. The summed E-state index contributed by atoms with van der Waals surface area (Å²) in [6.07, 6.45) is 0.899. The Morgan fingerprint density at radius 2 is 1.62 bits per heavy atom. The van der Waals surface area contributed by atoms with Crippen LogP contribution in [0, 0.1) is 39.5 Å². The van der Waals surface area contributed by atoms with E-state index in [0.29, 0.717) is 0 Å². The molecule has 1 aromatic rings. The molecule has 86 valence electrons. The van der Waals surface area contributed by atoms with E-state index in [9.17, 15) is 0 Å². The molecule has 0 aliphatic rings. The maximum Gasteiger partial charge on any atom is 0.0665 e. The molecule has 0 aliphatic heterocycles. The van der Waals surface area contributed by atoms with Crippen molar-refractivity contribution in [2.45, 2.75) is 47.1 Å². The Bertz CT molecular complexity index is 420. The van der Waals surface area contributed by atoms with Gasteiger partial charge in [-0.05, 0) is 56.4 Å². The minimum absolute atomic E-state index is 0.0142. The van der Waals surface area contributed by atoms with Gasteiger partial charge in [0.15, 0.2) is 0 Å². The fourth-order valence-electron chi connectivity index (χ4n) is 1.67. The first kappa shape index (κ1) is 12.8. The molecule has 0 saturated carbocycles. The molecule has 0 aliphatic carbocycles. The van der Waals surface area contributed by atoms with Crippen LogP contribution in [-0.2, 0) is 0 Å². The van der Waals surface area contributed by atoms with Crippen molar-refractivity contribution in [1.82, 2.24) is 0 Å². The van der Waals surface area contributed by atoms with Gasteiger partial charge >= 0.3 is 0 Å². The summed E-state index contributed by atoms with van der Waals surface area (Å²) in [6, 6.07) is 2.20. The topological polar surface area (TPSA) is 26.0 Å². The molecule has 0 saturated heterocycles. The van der Waals surface area contributed by atoms with Crippen molar-refractivity contribution in [2.24, 2.45) is 5.73 Å². The minimum Gasteiger partial charge on any atom is -0.318 e. The van der Waals surface area contributed by atoms with Crippen molar-refractivity contribution in [3.05, 3.63) is 33.9 Å². The van der Waals surface area contributed by atoms with E-state index in [1.54, 1.807) is 0 Å². The van der Waals surface area contributed by atoms with Crippen molar-refractivity contribution >= 4 is 0 Å². The molecule has 1 heteroatoms.